The maximum atomic E-state index is 11.8. The molecule has 1 aromatic rings. The van der Waals surface area contributed by atoms with Crippen molar-refractivity contribution in [3.8, 4) is 0 Å². The van der Waals surface area contributed by atoms with E-state index >= 15 is 0 Å². The first-order chi connectivity index (χ1) is 8.43. The summed E-state index contributed by atoms with van der Waals surface area (Å²) in [7, 11) is -3.51. The van der Waals surface area contributed by atoms with Gasteiger partial charge >= 0.3 is 0 Å². The topological polar surface area (TPSA) is 101 Å². The predicted molar refractivity (Wildman–Crippen MR) is 68.3 cm³/mol. The first kappa shape index (κ1) is 14.6. The van der Waals surface area contributed by atoms with Gasteiger partial charge in [0.25, 0.3) is 0 Å². The summed E-state index contributed by atoms with van der Waals surface area (Å²) in [5.41, 5.74) is 5.34. The van der Waals surface area contributed by atoms with Crippen molar-refractivity contribution in [1.82, 2.24) is 10.0 Å². The lowest BCUT2D eigenvalue weighted by atomic mass is 10.3. The second-order valence-electron chi connectivity index (χ2n) is 3.79. The van der Waals surface area contributed by atoms with Crippen molar-refractivity contribution < 1.29 is 13.2 Å². The Morgan fingerprint density at radius 1 is 1.28 bits per heavy atom. The molecule has 6 nitrogen and oxygen atoms in total. The quantitative estimate of drug-likeness (QED) is 0.603. The summed E-state index contributed by atoms with van der Waals surface area (Å²) in [5, 5.41) is 2.52. The molecule has 1 aromatic carbocycles. The highest BCUT2D eigenvalue weighted by Gasteiger charge is 2.12. The van der Waals surface area contributed by atoms with Gasteiger partial charge in [0, 0.05) is 13.1 Å². The van der Waals surface area contributed by atoms with E-state index in [-0.39, 0.29) is 23.9 Å². The van der Waals surface area contributed by atoms with Crippen molar-refractivity contribution >= 4 is 15.9 Å². The van der Waals surface area contributed by atoms with E-state index in [1.807, 2.05) is 0 Å². The summed E-state index contributed by atoms with van der Waals surface area (Å²) in [6.45, 7) is 1.88. The van der Waals surface area contributed by atoms with Gasteiger partial charge in [-0.3, -0.25) is 4.79 Å². The van der Waals surface area contributed by atoms with Crippen molar-refractivity contribution in [3.05, 3.63) is 30.3 Å². The summed E-state index contributed by atoms with van der Waals surface area (Å²) < 4.78 is 25.9. The number of benzene rings is 1. The number of hydrogen-bond acceptors (Lipinski definition) is 4. The number of hydrogen-bond donors (Lipinski definition) is 3. The van der Waals surface area contributed by atoms with Crippen LogP contribution in [0.5, 0.6) is 0 Å². The lowest BCUT2D eigenvalue weighted by Gasteiger charge is -2.09. The molecule has 0 aliphatic rings. The molecule has 4 N–H and O–H groups in total. The number of rotatable bonds is 6. The number of sulfonamides is 1. The van der Waals surface area contributed by atoms with E-state index in [4.69, 9.17) is 5.73 Å². The van der Waals surface area contributed by atoms with Crippen LogP contribution >= 0.6 is 0 Å². The zero-order chi connectivity index (χ0) is 13.6. The largest absolute Gasteiger partial charge is 0.353 e. The molecule has 0 heterocycles. The molecule has 0 unspecified atom stereocenters. The maximum absolute atomic E-state index is 11.8. The molecule has 7 heteroatoms. The molecular weight excluding hydrogens is 254 g/mol. The minimum absolute atomic E-state index is 0.121. The zero-order valence-corrected chi connectivity index (χ0v) is 10.9. The third-order valence-corrected chi connectivity index (χ3v) is 3.66. The van der Waals surface area contributed by atoms with Crippen molar-refractivity contribution in [2.75, 3.05) is 13.1 Å². The molecule has 0 saturated heterocycles. The summed E-state index contributed by atoms with van der Waals surface area (Å²) in [6.07, 6.45) is 0. The van der Waals surface area contributed by atoms with Crippen LogP contribution < -0.4 is 15.8 Å². The Hall–Kier alpha value is -1.44. The highest BCUT2D eigenvalue weighted by Crippen LogP contribution is 2.06. The standard InChI is InChI=1S/C11H17N3O3S/c1-9(12)11(15)13-7-8-14-18(16,17)10-5-3-2-4-6-10/h2-6,9,14H,7-8,12H2,1H3,(H,13,15)/t9-/m0/s1. The molecule has 1 rings (SSSR count). The summed E-state index contributed by atoms with van der Waals surface area (Å²) in [4.78, 5) is 11.3. The maximum Gasteiger partial charge on any atom is 0.240 e. The Morgan fingerprint density at radius 3 is 2.44 bits per heavy atom. The molecule has 100 valence electrons. The van der Waals surface area contributed by atoms with Crippen LogP contribution in [0.25, 0.3) is 0 Å². The third kappa shape index (κ3) is 4.44. The fraction of sp³-hybridized carbons (Fsp3) is 0.364. The molecular formula is C11H17N3O3S. The van der Waals surface area contributed by atoms with Crippen molar-refractivity contribution in [2.45, 2.75) is 17.9 Å². The van der Waals surface area contributed by atoms with Gasteiger partial charge in [0.15, 0.2) is 0 Å². The molecule has 0 aliphatic carbocycles. The number of carbonyl (C=O) groups is 1. The third-order valence-electron chi connectivity index (χ3n) is 2.18. The van der Waals surface area contributed by atoms with Crippen LogP contribution in [0.3, 0.4) is 0 Å². The van der Waals surface area contributed by atoms with Gasteiger partial charge in [-0.25, -0.2) is 13.1 Å². The average Bonchev–Trinajstić information content (AvgIpc) is 2.35. The molecule has 1 atom stereocenters. The second kappa shape index (κ2) is 6.48. The van der Waals surface area contributed by atoms with E-state index in [1.54, 1.807) is 25.1 Å². The van der Waals surface area contributed by atoms with Gasteiger partial charge in [0.05, 0.1) is 10.9 Å². The molecule has 0 saturated carbocycles. The van der Waals surface area contributed by atoms with E-state index in [1.165, 1.54) is 12.1 Å². The van der Waals surface area contributed by atoms with Gasteiger partial charge in [-0.1, -0.05) is 18.2 Å². The first-order valence-corrected chi connectivity index (χ1v) is 7.00. The molecule has 0 spiro atoms. The Bertz CT molecular complexity index is 486. The van der Waals surface area contributed by atoms with Gasteiger partial charge in [-0.15, -0.1) is 0 Å². The number of carbonyl (C=O) groups excluding carboxylic acids is 1. The Kier molecular flexibility index (Phi) is 5.26. The summed E-state index contributed by atoms with van der Waals surface area (Å²) >= 11 is 0. The fourth-order valence-electron chi connectivity index (χ4n) is 1.22. The minimum Gasteiger partial charge on any atom is -0.353 e. The van der Waals surface area contributed by atoms with Gasteiger partial charge < -0.3 is 11.1 Å². The molecule has 0 bridgehead atoms. The van der Waals surface area contributed by atoms with E-state index in [0.29, 0.717) is 0 Å². The molecule has 0 aromatic heterocycles. The van der Waals surface area contributed by atoms with Crippen LogP contribution in [0.4, 0.5) is 0 Å². The minimum atomic E-state index is -3.51. The number of nitrogens with one attached hydrogen (secondary N) is 2. The molecule has 1 amide bonds. The monoisotopic (exact) mass is 271 g/mol. The van der Waals surface area contributed by atoms with Crippen molar-refractivity contribution in [1.29, 1.82) is 0 Å². The van der Waals surface area contributed by atoms with Crippen molar-refractivity contribution in [3.63, 3.8) is 0 Å². The summed E-state index contributed by atoms with van der Waals surface area (Å²) in [6, 6.07) is 7.43. The second-order valence-corrected chi connectivity index (χ2v) is 5.56. The van der Waals surface area contributed by atoms with E-state index < -0.39 is 16.1 Å². The normalized spacial score (nSPS) is 13.0. The van der Waals surface area contributed by atoms with E-state index in [9.17, 15) is 13.2 Å². The molecule has 18 heavy (non-hydrogen) atoms. The molecule has 0 radical (unpaired) electrons. The van der Waals surface area contributed by atoms with Crippen LogP contribution in [0.2, 0.25) is 0 Å². The lowest BCUT2D eigenvalue weighted by molar-refractivity contribution is -0.121. The van der Waals surface area contributed by atoms with Crippen LogP contribution in [0.15, 0.2) is 35.2 Å². The predicted octanol–water partition coefficient (Wildman–Crippen LogP) is -0.572. The van der Waals surface area contributed by atoms with Crippen LogP contribution in [0, 0.1) is 0 Å². The van der Waals surface area contributed by atoms with Gasteiger partial charge in [-0.2, -0.15) is 0 Å². The lowest BCUT2D eigenvalue weighted by Crippen LogP contribution is -2.41. The zero-order valence-electron chi connectivity index (χ0n) is 10.1. The Balaban J connectivity index is 2.42. The number of amides is 1. The highest BCUT2D eigenvalue weighted by atomic mass is 32.2. The molecule has 0 fully saturated rings. The smallest absolute Gasteiger partial charge is 0.240 e. The van der Waals surface area contributed by atoms with E-state index in [2.05, 4.69) is 10.0 Å². The first-order valence-electron chi connectivity index (χ1n) is 5.51. The Morgan fingerprint density at radius 2 is 1.89 bits per heavy atom. The SMILES string of the molecule is C[C@H](N)C(=O)NCCNS(=O)(=O)c1ccccc1. The average molecular weight is 271 g/mol. The van der Waals surface area contributed by atoms with Gasteiger partial charge in [-0.05, 0) is 19.1 Å². The molecule has 0 aliphatic heterocycles. The van der Waals surface area contributed by atoms with E-state index in [0.717, 1.165) is 0 Å². The fourth-order valence-corrected chi connectivity index (χ4v) is 2.27. The van der Waals surface area contributed by atoms with Crippen molar-refractivity contribution in [2.24, 2.45) is 5.73 Å². The van der Waals surface area contributed by atoms with Crippen LogP contribution in [-0.2, 0) is 14.8 Å². The van der Waals surface area contributed by atoms with Crippen LogP contribution in [-0.4, -0.2) is 33.5 Å². The van der Waals surface area contributed by atoms with Gasteiger partial charge in [0.2, 0.25) is 15.9 Å². The highest BCUT2D eigenvalue weighted by molar-refractivity contribution is 7.89. The van der Waals surface area contributed by atoms with Gasteiger partial charge in [0.1, 0.15) is 0 Å². The van der Waals surface area contributed by atoms with Crippen LogP contribution in [0.1, 0.15) is 6.92 Å². The Labute approximate surface area is 107 Å². The number of nitrogens with two attached hydrogens (primary N) is 1. The summed E-state index contributed by atoms with van der Waals surface area (Å²) in [5.74, 6) is -0.311.